The van der Waals surface area contributed by atoms with E-state index >= 15 is 0 Å². The molecule has 68 valence electrons. The maximum Gasteiger partial charge on any atom is 0.277 e. The molecule has 0 aliphatic heterocycles. The maximum absolute atomic E-state index is 10.6. The second kappa shape index (κ2) is 4.02. The van der Waals surface area contributed by atoms with E-state index in [4.69, 9.17) is 0 Å². The van der Waals surface area contributed by atoms with Gasteiger partial charge in [-0.1, -0.05) is 12.7 Å². The molecule has 0 unspecified atom stereocenters. The zero-order valence-electron chi connectivity index (χ0n) is 6.46. The van der Waals surface area contributed by atoms with Crippen LogP contribution in [-0.4, -0.2) is 4.92 Å². The summed E-state index contributed by atoms with van der Waals surface area (Å²) >= 11 is 6.49. The Bertz CT molecular complexity index is 377. The first-order valence-electron chi connectivity index (χ1n) is 3.32. The van der Waals surface area contributed by atoms with Crippen molar-refractivity contribution in [1.29, 1.82) is 0 Å². The second-order valence-electron chi connectivity index (χ2n) is 2.26. The van der Waals surface area contributed by atoms with Crippen molar-refractivity contribution in [3.63, 3.8) is 0 Å². The molecule has 0 heterocycles. The summed E-state index contributed by atoms with van der Waals surface area (Å²) in [7, 11) is 0. The molecule has 5 heteroatoms. The van der Waals surface area contributed by atoms with Crippen LogP contribution in [0.2, 0.25) is 0 Å². The molecule has 0 aliphatic rings. The minimum absolute atomic E-state index is 0.0464. The molecule has 0 bridgehead atoms. The topological polar surface area (TPSA) is 43.1 Å². The van der Waals surface area contributed by atoms with E-state index in [1.54, 1.807) is 6.07 Å². The molecule has 0 N–H and O–H groups in total. The summed E-state index contributed by atoms with van der Waals surface area (Å²) < 4.78 is 1.42. The summed E-state index contributed by atoms with van der Waals surface area (Å²) in [4.78, 5) is 10.1. The van der Waals surface area contributed by atoms with Crippen LogP contribution >= 0.6 is 31.9 Å². The van der Waals surface area contributed by atoms with Gasteiger partial charge in [-0.2, -0.15) is 0 Å². The number of rotatable bonds is 2. The second-order valence-corrected chi connectivity index (χ2v) is 3.90. The smallest absolute Gasteiger partial charge is 0.258 e. The Hall–Kier alpha value is -0.680. The maximum atomic E-state index is 10.6. The highest BCUT2D eigenvalue weighted by Crippen LogP contribution is 2.33. The van der Waals surface area contributed by atoms with Gasteiger partial charge in [-0.05, 0) is 37.9 Å². The fourth-order valence-corrected chi connectivity index (χ4v) is 1.75. The first kappa shape index (κ1) is 10.4. The molecule has 0 saturated carbocycles. The number of nitro groups is 1. The lowest BCUT2D eigenvalue weighted by atomic mass is 10.2. The quantitative estimate of drug-likeness (QED) is 0.617. The van der Waals surface area contributed by atoms with E-state index < -0.39 is 4.92 Å². The Kier molecular flexibility index (Phi) is 3.22. The van der Waals surface area contributed by atoms with E-state index in [-0.39, 0.29) is 5.69 Å². The van der Waals surface area contributed by atoms with Crippen molar-refractivity contribution < 1.29 is 4.92 Å². The van der Waals surface area contributed by atoms with Gasteiger partial charge in [0.05, 0.1) is 10.5 Å². The van der Waals surface area contributed by atoms with Crippen LogP contribution in [-0.2, 0) is 0 Å². The Morgan fingerprint density at radius 1 is 1.46 bits per heavy atom. The lowest BCUT2D eigenvalue weighted by molar-refractivity contribution is -0.385. The van der Waals surface area contributed by atoms with Gasteiger partial charge in [-0.15, -0.1) is 0 Å². The normalized spacial score (nSPS) is 9.69. The summed E-state index contributed by atoms with van der Waals surface area (Å²) in [6, 6.07) is 3.06. The molecule has 0 radical (unpaired) electrons. The summed E-state index contributed by atoms with van der Waals surface area (Å²) in [5.41, 5.74) is 0.532. The summed E-state index contributed by atoms with van der Waals surface area (Å²) in [6.45, 7) is 3.52. The largest absolute Gasteiger partial charge is 0.277 e. The number of benzene rings is 1. The number of hydrogen-bond donors (Lipinski definition) is 0. The SMILES string of the molecule is C=Cc1c([N+](=O)[O-])ccc(Br)c1Br. The van der Waals surface area contributed by atoms with Gasteiger partial charge in [0.1, 0.15) is 0 Å². The van der Waals surface area contributed by atoms with Gasteiger partial charge in [-0.25, -0.2) is 0 Å². The predicted molar refractivity (Wildman–Crippen MR) is 58.6 cm³/mol. The Morgan fingerprint density at radius 3 is 2.54 bits per heavy atom. The van der Waals surface area contributed by atoms with Gasteiger partial charge in [0, 0.05) is 15.0 Å². The van der Waals surface area contributed by atoms with Crippen molar-refractivity contribution in [2.45, 2.75) is 0 Å². The van der Waals surface area contributed by atoms with Crippen LogP contribution in [0.15, 0.2) is 27.7 Å². The molecular weight excluding hydrogens is 302 g/mol. The zero-order chi connectivity index (χ0) is 10.0. The van der Waals surface area contributed by atoms with Gasteiger partial charge in [0.25, 0.3) is 5.69 Å². The van der Waals surface area contributed by atoms with Gasteiger partial charge < -0.3 is 0 Å². The van der Waals surface area contributed by atoms with E-state index in [0.29, 0.717) is 10.0 Å². The number of nitrogens with zero attached hydrogens (tertiary/aromatic N) is 1. The number of hydrogen-bond acceptors (Lipinski definition) is 2. The lowest BCUT2D eigenvalue weighted by Crippen LogP contribution is -1.92. The summed E-state index contributed by atoms with van der Waals surface area (Å²) in [5, 5.41) is 10.6. The molecule has 0 aliphatic carbocycles. The summed E-state index contributed by atoms with van der Waals surface area (Å²) in [6.07, 6.45) is 1.45. The highest BCUT2D eigenvalue weighted by molar-refractivity contribution is 9.13. The van der Waals surface area contributed by atoms with Gasteiger partial charge in [-0.3, -0.25) is 10.1 Å². The van der Waals surface area contributed by atoms with E-state index in [9.17, 15) is 10.1 Å². The number of halogens is 2. The van der Waals surface area contributed by atoms with Gasteiger partial charge in [0.2, 0.25) is 0 Å². The van der Waals surface area contributed by atoms with E-state index in [0.717, 1.165) is 4.47 Å². The van der Waals surface area contributed by atoms with Crippen LogP contribution < -0.4 is 0 Å². The van der Waals surface area contributed by atoms with Crippen molar-refractivity contribution in [1.82, 2.24) is 0 Å². The molecule has 1 aromatic rings. The highest BCUT2D eigenvalue weighted by atomic mass is 79.9. The Morgan fingerprint density at radius 2 is 2.08 bits per heavy atom. The fourth-order valence-electron chi connectivity index (χ4n) is 0.910. The van der Waals surface area contributed by atoms with Gasteiger partial charge in [0.15, 0.2) is 0 Å². The molecule has 0 saturated heterocycles. The van der Waals surface area contributed by atoms with Crippen LogP contribution in [0.1, 0.15) is 5.56 Å². The van der Waals surface area contributed by atoms with Crippen molar-refractivity contribution in [2.24, 2.45) is 0 Å². The molecule has 3 nitrogen and oxygen atoms in total. The van der Waals surface area contributed by atoms with Crippen molar-refractivity contribution in [3.05, 3.63) is 43.3 Å². The Balaban J connectivity index is 3.47. The predicted octanol–water partition coefficient (Wildman–Crippen LogP) is 3.76. The molecule has 0 aromatic heterocycles. The molecule has 0 amide bonds. The molecule has 1 rings (SSSR count). The molecule has 0 spiro atoms. The molecular formula is C8H5Br2NO2. The third kappa shape index (κ3) is 1.97. The fraction of sp³-hybridized carbons (Fsp3) is 0. The van der Waals surface area contributed by atoms with Crippen LogP contribution in [0.25, 0.3) is 6.08 Å². The lowest BCUT2D eigenvalue weighted by Gasteiger charge is -2.01. The van der Waals surface area contributed by atoms with Crippen LogP contribution in [0.5, 0.6) is 0 Å². The minimum Gasteiger partial charge on any atom is -0.258 e. The van der Waals surface area contributed by atoms with E-state index in [2.05, 4.69) is 38.4 Å². The van der Waals surface area contributed by atoms with Crippen LogP contribution in [0.3, 0.4) is 0 Å². The zero-order valence-corrected chi connectivity index (χ0v) is 9.63. The van der Waals surface area contributed by atoms with E-state index in [1.165, 1.54) is 12.1 Å². The average molecular weight is 307 g/mol. The Labute approximate surface area is 91.9 Å². The highest BCUT2D eigenvalue weighted by Gasteiger charge is 2.15. The third-order valence-corrected chi connectivity index (χ3v) is 3.56. The van der Waals surface area contributed by atoms with E-state index in [1.807, 2.05) is 0 Å². The monoisotopic (exact) mass is 305 g/mol. The molecule has 13 heavy (non-hydrogen) atoms. The van der Waals surface area contributed by atoms with Crippen LogP contribution in [0.4, 0.5) is 5.69 Å². The molecule has 1 aromatic carbocycles. The van der Waals surface area contributed by atoms with Crippen molar-refractivity contribution >= 4 is 43.6 Å². The first-order valence-corrected chi connectivity index (χ1v) is 4.91. The molecule has 0 fully saturated rings. The number of nitro benzene ring substituents is 1. The third-order valence-electron chi connectivity index (χ3n) is 1.51. The average Bonchev–Trinajstić information content (AvgIpc) is 2.09. The first-order chi connectivity index (χ1) is 6.07. The standard InChI is InChI=1S/C8H5Br2NO2/c1-2-5-7(11(12)13)4-3-6(9)8(5)10/h2-4H,1H2. The minimum atomic E-state index is -0.436. The van der Waals surface area contributed by atoms with Crippen LogP contribution in [0, 0.1) is 10.1 Å². The molecule has 0 atom stereocenters. The summed E-state index contributed by atoms with van der Waals surface area (Å²) in [5.74, 6) is 0. The van der Waals surface area contributed by atoms with Crippen molar-refractivity contribution in [2.75, 3.05) is 0 Å². The van der Waals surface area contributed by atoms with Gasteiger partial charge >= 0.3 is 0 Å². The van der Waals surface area contributed by atoms with Crippen molar-refractivity contribution in [3.8, 4) is 0 Å².